The van der Waals surface area contributed by atoms with Crippen molar-refractivity contribution in [2.45, 2.75) is 45.4 Å². The zero-order chi connectivity index (χ0) is 15.8. The van der Waals surface area contributed by atoms with Gasteiger partial charge >= 0.3 is 0 Å². The molecule has 1 aliphatic heterocycles. The smallest absolute Gasteiger partial charge is 0.139 e. The predicted molar refractivity (Wildman–Crippen MR) is 86.8 cm³/mol. The number of carbonyl (C=O) groups excluding carboxylic acids is 1. The third-order valence-electron chi connectivity index (χ3n) is 8.05. The van der Waals surface area contributed by atoms with Gasteiger partial charge in [-0.25, -0.2) is 0 Å². The van der Waals surface area contributed by atoms with Gasteiger partial charge in [-0.15, -0.1) is 0 Å². The first-order valence-electron chi connectivity index (χ1n) is 9.27. The Morgan fingerprint density at radius 3 is 3.04 bits per heavy atom. The molecule has 5 aliphatic rings. The molecule has 2 saturated carbocycles. The Hall–Kier alpha value is -1.09. The molecule has 4 aliphatic carbocycles. The lowest BCUT2D eigenvalue weighted by atomic mass is 9.47. The van der Waals surface area contributed by atoms with E-state index in [2.05, 4.69) is 13.0 Å². The SMILES string of the molecule is CC12CCC3C(CC=C4C=C(O)C5COCC43C5)C1CCC2=O. The van der Waals surface area contributed by atoms with Crippen LogP contribution in [0.15, 0.2) is 23.5 Å². The largest absolute Gasteiger partial charge is 0.512 e. The van der Waals surface area contributed by atoms with Crippen LogP contribution in [-0.2, 0) is 9.53 Å². The fraction of sp³-hybridized carbons (Fsp3) is 0.750. The second-order valence-corrected chi connectivity index (χ2v) is 8.83. The van der Waals surface area contributed by atoms with Crippen molar-refractivity contribution in [2.24, 2.45) is 34.5 Å². The third kappa shape index (κ3) is 1.67. The molecule has 3 nitrogen and oxygen atoms in total. The van der Waals surface area contributed by atoms with E-state index in [4.69, 9.17) is 4.74 Å². The summed E-state index contributed by atoms with van der Waals surface area (Å²) in [6.07, 6.45) is 10.6. The summed E-state index contributed by atoms with van der Waals surface area (Å²) in [5.74, 6) is 3.01. The van der Waals surface area contributed by atoms with Crippen molar-refractivity contribution in [3.8, 4) is 0 Å². The highest BCUT2D eigenvalue weighted by atomic mass is 16.5. The normalized spacial score (nSPS) is 51.3. The summed E-state index contributed by atoms with van der Waals surface area (Å²) in [6, 6.07) is 0. The highest BCUT2D eigenvalue weighted by molar-refractivity contribution is 5.87. The Morgan fingerprint density at radius 2 is 2.17 bits per heavy atom. The van der Waals surface area contributed by atoms with Gasteiger partial charge in [0.1, 0.15) is 5.78 Å². The van der Waals surface area contributed by atoms with Gasteiger partial charge in [-0.1, -0.05) is 13.0 Å². The maximum Gasteiger partial charge on any atom is 0.139 e. The fourth-order valence-electron chi connectivity index (χ4n) is 6.82. The van der Waals surface area contributed by atoms with Crippen LogP contribution in [0.1, 0.15) is 45.4 Å². The van der Waals surface area contributed by atoms with E-state index >= 15 is 0 Å². The van der Waals surface area contributed by atoms with Crippen molar-refractivity contribution in [3.63, 3.8) is 0 Å². The molecule has 124 valence electrons. The molecule has 3 heteroatoms. The Labute approximate surface area is 137 Å². The number of allylic oxidation sites excluding steroid dienone is 2. The van der Waals surface area contributed by atoms with Crippen LogP contribution in [0, 0.1) is 34.5 Å². The lowest BCUT2D eigenvalue weighted by molar-refractivity contribution is -0.136. The molecule has 6 unspecified atom stereocenters. The molecule has 23 heavy (non-hydrogen) atoms. The summed E-state index contributed by atoms with van der Waals surface area (Å²) in [5, 5.41) is 10.3. The van der Waals surface area contributed by atoms with E-state index in [0.29, 0.717) is 35.9 Å². The third-order valence-corrected chi connectivity index (χ3v) is 8.05. The zero-order valence-corrected chi connectivity index (χ0v) is 13.9. The van der Waals surface area contributed by atoms with Gasteiger partial charge in [0, 0.05) is 23.2 Å². The second kappa shape index (κ2) is 4.50. The van der Waals surface area contributed by atoms with Crippen molar-refractivity contribution in [2.75, 3.05) is 13.2 Å². The molecule has 1 heterocycles. The van der Waals surface area contributed by atoms with Crippen LogP contribution in [0.25, 0.3) is 0 Å². The van der Waals surface area contributed by atoms with E-state index < -0.39 is 0 Å². The number of fused-ring (bicyclic) bond motifs is 4. The number of ketones is 1. The van der Waals surface area contributed by atoms with Gasteiger partial charge in [0.15, 0.2) is 0 Å². The highest BCUT2D eigenvalue weighted by Crippen LogP contribution is 2.64. The van der Waals surface area contributed by atoms with E-state index in [1.807, 2.05) is 6.08 Å². The predicted octanol–water partition coefficient (Wildman–Crippen LogP) is 3.81. The summed E-state index contributed by atoms with van der Waals surface area (Å²) < 4.78 is 5.97. The molecule has 0 amide bonds. The van der Waals surface area contributed by atoms with Crippen molar-refractivity contribution >= 4 is 5.78 Å². The summed E-state index contributed by atoms with van der Waals surface area (Å²) in [4.78, 5) is 12.5. The average Bonchev–Trinajstić information content (AvgIpc) is 2.85. The second-order valence-electron chi connectivity index (χ2n) is 8.83. The van der Waals surface area contributed by atoms with Gasteiger partial charge < -0.3 is 9.84 Å². The first-order chi connectivity index (χ1) is 11.0. The zero-order valence-electron chi connectivity index (χ0n) is 13.9. The summed E-state index contributed by atoms with van der Waals surface area (Å²) in [5.41, 5.74) is 1.36. The quantitative estimate of drug-likeness (QED) is 0.739. The number of carbonyl (C=O) groups is 1. The Balaban J connectivity index is 1.58. The van der Waals surface area contributed by atoms with Gasteiger partial charge in [-0.3, -0.25) is 4.79 Å². The lowest BCUT2D eigenvalue weighted by Crippen LogP contribution is -2.55. The lowest BCUT2D eigenvalue weighted by Gasteiger charge is -2.58. The van der Waals surface area contributed by atoms with Crippen molar-refractivity contribution in [1.82, 2.24) is 0 Å². The van der Waals surface area contributed by atoms with Crippen LogP contribution in [0.3, 0.4) is 0 Å². The minimum Gasteiger partial charge on any atom is -0.512 e. The molecule has 0 radical (unpaired) electrons. The Morgan fingerprint density at radius 1 is 1.30 bits per heavy atom. The first kappa shape index (κ1) is 14.3. The van der Waals surface area contributed by atoms with Crippen LogP contribution < -0.4 is 0 Å². The number of hydrogen-bond donors (Lipinski definition) is 1. The van der Waals surface area contributed by atoms with Crippen LogP contribution in [0.2, 0.25) is 0 Å². The topological polar surface area (TPSA) is 46.5 Å². The number of aliphatic hydroxyl groups is 1. The molecule has 0 aromatic heterocycles. The van der Waals surface area contributed by atoms with Gasteiger partial charge in [-0.2, -0.15) is 0 Å². The average molecular weight is 314 g/mol. The molecule has 0 aromatic rings. The van der Waals surface area contributed by atoms with Crippen LogP contribution in [-0.4, -0.2) is 24.1 Å². The van der Waals surface area contributed by atoms with Crippen molar-refractivity contribution in [1.29, 1.82) is 0 Å². The number of aliphatic hydroxyl groups excluding tert-OH is 1. The molecule has 3 fully saturated rings. The maximum absolute atomic E-state index is 12.5. The summed E-state index contributed by atoms with van der Waals surface area (Å²) >= 11 is 0. The number of ether oxygens (including phenoxy) is 1. The van der Waals surface area contributed by atoms with Gasteiger partial charge in [0.2, 0.25) is 0 Å². The summed E-state index contributed by atoms with van der Waals surface area (Å²) in [6.45, 7) is 3.69. The number of Topliss-reactive ketones (excluding diaryl/α,β-unsaturated/α-hetero) is 1. The minimum atomic E-state index is -0.0648. The molecule has 1 saturated heterocycles. The van der Waals surface area contributed by atoms with Crippen molar-refractivity contribution in [3.05, 3.63) is 23.5 Å². The Bertz CT molecular complexity index is 633. The van der Waals surface area contributed by atoms with Crippen molar-refractivity contribution < 1.29 is 14.6 Å². The highest BCUT2D eigenvalue weighted by Gasteiger charge is 2.60. The number of hydrogen-bond acceptors (Lipinski definition) is 3. The molecule has 0 aromatic carbocycles. The van der Waals surface area contributed by atoms with E-state index in [1.165, 1.54) is 5.57 Å². The minimum absolute atomic E-state index is 0.0648. The van der Waals surface area contributed by atoms with Crippen LogP contribution in [0.5, 0.6) is 0 Å². The van der Waals surface area contributed by atoms with Gasteiger partial charge in [0.05, 0.1) is 19.0 Å². The molecule has 1 N–H and O–H groups in total. The Kier molecular flexibility index (Phi) is 2.79. The van der Waals surface area contributed by atoms with Crippen LogP contribution >= 0.6 is 0 Å². The molecular weight excluding hydrogens is 288 g/mol. The monoisotopic (exact) mass is 314 g/mol. The van der Waals surface area contributed by atoms with Gasteiger partial charge in [-0.05, 0) is 61.5 Å². The number of rotatable bonds is 0. The van der Waals surface area contributed by atoms with E-state index in [0.717, 1.165) is 45.1 Å². The molecule has 5 rings (SSSR count). The van der Waals surface area contributed by atoms with Crippen LogP contribution in [0.4, 0.5) is 0 Å². The molecular formula is C20H26O3. The van der Waals surface area contributed by atoms with E-state index in [-0.39, 0.29) is 16.7 Å². The maximum atomic E-state index is 12.5. The summed E-state index contributed by atoms with van der Waals surface area (Å²) in [7, 11) is 0. The van der Waals surface area contributed by atoms with Gasteiger partial charge in [0.25, 0.3) is 0 Å². The first-order valence-corrected chi connectivity index (χ1v) is 9.27. The standard InChI is InChI=1S/C20H26O3/c1-19-7-6-16-14(15(19)4-5-18(19)22)3-2-13-8-17(21)12-9-20(13,16)11-23-10-12/h2,8,12,14-16,21H,3-7,9-11H2,1H3. The molecule has 2 bridgehead atoms. The van der Waals surface area contributed by atoms with E-state index in [1.54, 1.807) is 0 Å². The van der Waals surface area contributed by atoms with E-state index in [9.17, 15) is 9.90 Å². The fourth-order valence-corrected chi connectivity index (χ4v) is 6.82. The molecule has 1 spiro atoms. The molecule has 6 atom stereocenters.